The summed E-state index contributed by atoms with van der Waals surface area (Å²) in [7, 11) is 0. The molecule has 0 atom stereocenters. The maximum Gasteiger partial charge on any atom is 0.141 e. The summed E-state index contributed by atoms with van der Waals surface area (Å²) < 4.78 is 0. The van der Waals surface area contributed by atoms with Gasteiger partial charge >= 0.3 is 0 Å². The van der Waals surface area contributed by atoms with Crippen molar-refractivity contribution in [2.24, 2.45) is 5.10 Å². The predicted molar refractivity (Wildman–Crippen MR) is 100 cm³/mol. The summed E-state index contributed by atoms with van der Waals surface area (Å²) in [5, 5.41) is 27.0. The molecule has 1 heterocycles. The van der Waals surface area contributed by atoms with Gasteiger partial charge in [-0.25, -0.2) is 0 Å². The van der Waals surface area contributed by atoms with Gasteiger partial charge in [0.25, 0.3) is 0 Å². The second-order valence-corrected chi connectivity index (χ2v) is 5.62. The Kier molecular flexibility index (Phi) is 3.67. The second kappa shape index (κ2) is 6.13. The van der Waals surface area contributed by atoms with Crippen LogP contribution in [0, 0.1) is 0 Å². The molecule has 0 fully saturated rings. The van der Waals surface area contributed by atoms with Crippen LogP contribution in [-0.2, 0) is 0 Å². The molecule has 5 heteroatoms. The SMILES string of the molecule is Oc1ccc2ccccc2c1/C=N\Nc1ccc(O)c2ncccc12. The van der Waals surface area contributed by atoms with Gasteiger partial charge < -0.3 is 10.2 Å². The third kappa shape index (κ3) is 2.72. The molecule has 4 rings (SSSR count). The molecular formula is C20H15N3O2. The molecule has 0 unspecified atom stereocenters. The fourth-order valence-electron chi connectivity index (χ4n) is 2.84. The van der Waals surface area contributed by atoms with Crippen molar-refractivity contribution in [1.82, 2.24) is 4.98 Å². The van der Waals surface area contributed by atoms with Crippen molar-refractivity contribution in [2.75, 3.05) is 5.43 Å². The first-order chi connectivity index (χ1) is 12.2. The maximum atomic E-state index is 10.2. The number of hydrogen-bond donors (Lipinski definition) is 3. The average Bonchev–Trinajstić information content (AvgIpc) is 2.65. The van der Waals surface area contributed by atoms with E-state index in [0.29, 0.717) is 11.1 Å². The van der Waals surface area contributed by atoms with Crippen molar-refractivity contribution in [1.29, 1.82) is 0 Å². The topological polar surface area (TPSA) is 77.7 Å². The number of nitrogens with zero attached hydrogens (tertiary/aromatic N) is 2. The molecule has 0 spiro atoms. The molecule has 0 aliphatic carbocycles. The van der Waals surface area contributed by atoms with E-state index in [0.717, 1.165) is 21.8 Å². The van der Waals surface area contributed by atoms with Gasteiger partial charge in [0, 0.05) is 17.1 Å². The number of aromatic hydroxyl groups is 2. The Morgan fingerprint density at radius 3 is 2.56 bits per heavy atom. The van der Waals surface area contributed by atoms with Crippen molar-refractivity contribution in [2.45, 2.75) is 0 Å². The molecule has 25 heavy (non-hydrogen) atoms. The van der Waals surface area contributed by atoms with Gasteiger partial charge in [-0.05, 0) is 41.1 Å². The number of pyridine rings is 1. The van der Waals surface area contributed by atoms with E-state index in [4.69, 9.17) is 0 Å². The van der Waals surface area contributed by atoms with Gasteiger partial charge in [0.15, 0.2) is 0 Å². The molecule has 1 aromatic heterocycles. The highest BCUT2D eigenvalue weighted by atomic mass is 16.3. The number of rotatable bonds is 3. The van der Waals surface area contributed by atoms with E-state index in [1.165, 1.54) is 0 Å². The molecule has 0 saturated heterocycles. The van der Waals surface area contributed by atoms with Gasteiger partial charge in [0.2, 0.25) is 0 Å². The van der Waals surface area contributed by atoms with Crippen LogP contribution in [0.25, 0.3) is 21.7 Å². The number of hydrogen-bond acceptors (Lipinski definition) is 5. The molecule has 0 saturated carbocycles. The number of phenols is 2. The lowest BCUT2D eigenvalue weighted by atomic mass is 10.0. The normalized spacial score (nSPS) is 11.4. The lowest BCUT2D eigenvalue weighted by Gasteiger charge is -2.07. The van der Waals surface area contributed by atoms with Gasteiger partial charge in [-0.2, -0.15) is 5.10 Å². The van der Waals surface area contributed by atoms with Crippen LogP contribution >= 0.6 is 0 Å². The Labute approximate surface area is 143 Å². The fourth-order valence-corrected chi connectivity index (χ4v) is 2.84. The summed E-state index contributed by atoms with van der Waals surface area (Å²) in [4.78, 5) is 4.18. The first-order valence-electron chi connectivity index (χ1n) is 7.80. The van der Waals surface area contributed by atoms with E-state index in [1.54, 1.807) is 36.7 Å². The molecule has 122 valence electrons. The molecular weight excluding hydrogens is 314 g/mol. The molecule has 0 radical (unpaired) electrons. The van der Waals surface area contributed by atoms with E-state index in [9.17, 15) is 10.2 Å². The number of aromatic nitrogens is 1. The summed E-state index contributed by atoms with van der Waals surface area (Å²) in [6.07, 6.45) is 3.22. The Morgan fingerprint density at radius 2 is 1.64 bits per heavy atom. The lowest BCUT2D eigenvalue weighted by molar-refractivity contribution is 0.475. The maximum absolute atomic E-state index is 10.2. The molecule has 3 aromatic carbocycles. The minimum atomic E-state index is 0.122. The summed E-state index contributed by atoms with van der Waals surface area (Å²) >= 11 is 0. The fraction of sp³-hybridized carbons (Fsp3) is 0. The van der Waals surface area contributed by atoms with Crippen LogP contribution in [-0.4, -0.2) is 21.4 Å². The average molecular weight is 329 g/mol. The molecule has 3 N–H and O–H groups in total. The molecule has 0 amide bonds. The van der Waals surface area contributed by atoms with Crippen LogP contribution in [0.15, 0.2) is 72.0 Å². The largest absolute Gasteiger partial charge is 0.507 e. The number of hydrazone groups is 1. The first kappa shape index (κ1) is 15.0. The van der Waals surface area contributed by atoms with Crippen molar-refractivity contribution in [3.05, 3.63) is 72.4 Å². The lowest BCUT2D eigenvalue weighted by Crippen LogP contribution is -1.94. The highest BCUT2D eigenvalue weighted by Crippen LogP contribution is 2.29. The number of benzene rings is 3. The summed E-state index contributed by atoms with van der Waals surface area (Å²) in [6.45, 7) is 0. The Morgan fingerprint density at radius 1 is 0.840 bits per heavy atom. The predicted octanol–water partition coefficient (Wildman–Crippen LogP) is 4.25. The third-order valence-corrected chi connectivity index (χ3v) is 4.07. The zero-order valence-electron chi connectivity index (χ0n) is 13.2. The minimum absolute atomic E-state index is 0.122. The number of nitrogens with one attached hydrogen (secondary N) is 1. The molecule has 4 aromatic rings. The smallest absolute Gasteiger partial charge is 0.141 e. The highest BCUT2D eigenvalue weighted by Gasteiger charge is 2.06. The zero-order chi connectivity index (χ0) is 17.2. The van der Waals surface area contributed by atoms with E-state index >= 15 is 0 Å². The summed E-state index contributed by atoms with van der Waals surface area (Å²) in [6, 6.07) is 18.3. The zero-order valence-corrected chi connectivity index (χ0v) is 13.2. The standard InChI is InChI=1S/C20H15N3O2/c24-18-9-7-13-4-1-2-5-14(13)16(18)12-22-23-17-8-10-19(25)20-15(17)6-3-11-21-20/h1-12,23-25H/b22-12-. The van der Waals surface area contributed by atoms with Crippen LogP contribution < -0.4 is 5.43 Å². The van der Waals surface area contributed by atoms with Crippen molar-refractivity contribution in [3.63, 3.8) is 0 Å². The van der Waals surface area contributed by atoms with Gasteiger partial charge in [0.1, 0.15) is 17.0 Å². The van der Waals surface area contributed by atoms with Crippen molar-refractivity contribution in [3.8, 4) is 11.5 Å². The number of anilines is 1. The molecule has 0 aliphatic heterocycles. The summed E-state index contributed by atoms with van der Waals surface area (Å²) in [5.41, 5.74) is 4.84. The quantitative estimate of drug-likeness (QED) is 0.298. The third-order valence-electron chi connectivity index (χ3n) is 4.07. The first-order valence-corrected chi connectivity index (χ1v) is 7.80. The van der Waals surface area contributed by atoms with E-state index in [-0.39, 0.29) is 11.5 Å². The van der Waals surface area contributed by atoms with Gasteiger partial charge in [-0.3, -0.25) is 10.4 Å². The Balaban J connectivity index is 1.71. The van der Waals surface area contributed by atoms with E-state index in [2.05, 4.69) is 15.5 Å². The van der Waals surface area contributed by atoms with E-state index < -0.39 is 0 Å². The highest BCUT2D eigenvalue weighted by molar-refractivity contribution is 6.03. The molecule has 0 aliphatic rings. The Hall–Kier alpha value is -3.60. The van der Waals surface area contributed by atoms with Crippen LogP contribution in [0.4, 0.5) is 5.69 Å². The van der Waals surface area contributed by atoms with Crippen LogP contribution in [0.2, 0.25) is 0 Å². The van der Waals surface area contributed by atoms with Crippen LogP contribution in [0.5, 0.6) is 11.5 Å². The Bertz CT molecular complexity index is 1110. The minimum Gasteiger partial charge on any atom is -0.507 e. The van der Waals surface area contributed by atoms with Crippen molar-refractivity contribution < 1.29 is 10.2 Å². The number of fused-ring (bicyclic) bond motifs is 2. The second-order valence-electron chi connectivity index (χ2n) is 5.62. The summed E-state index contributed by atoms with van der Waals surface area (Å²) in [5.74, 6) is 0.290. The van der Waals surface area contributed by atoms with Gasteiger partial charge in [-0.15, -0.1) is 0 Å². The van der Waals surface area contributed by atoms with Gasteiger partial charge in [-0.1, -0.05) is 30.3 Å². The van der Waals surface area contributed by atoms with Crippen LogP contribution in [0.3, 0.4) is 0 Å². The van der Waals surface area contributed by atoms with E-state index in [1.807, 2.05) is 36.4 Å². The number of phenolic OH excluding ortho intramolecular Hbond substituents is 2. The van der Waals surface area contributed by atoms with Crippen molar-refractivity contribution >= 4 is 33.6 Å². The van der Waals surface area contributed by atoms with Crippen LogP contribution in [0.1, 0.15) is 5.56 Å². The monoisotopic (exact) mass is 329 g/mol. The molecule has 5 nitrogen and oxygen atoms in total. The molecule has 0 bridgehead atoms. The van der Waals surface area contributed by atoms with Gasteiger partial charge in [0.05, 0.1) is 11.9 Å².